The Balaban J connectivity index is 1.94. The van der Waals surface area contributed by atoms with Crippen molar-refractivity contribution in [2.24, 2.45) is 11.7 Å². The zero-order valence-corrected chi connectivity index (χ0v) is 10.9. The van der Waals surface area contributed by atoms with Crippen LogP contribution < -0.4 is 5.73 Å². The minimum absolute atomic E-state index is 0.0173. The number of carbonyl (C=O) groups is 1. The third kappa shape index (κ3) is 3.30. The second kappa shape index (κ2) is 5.67. The van der Waals surface area contributed by atoms with Crippen LogP contribution in [0.4, 0.5) is 4.39 Å². The topological polar surface area (TPSA) is 66.6 Å². The van der Waals surface area contributed by atoms with Gasteiger partial charge in [-0.1, -0.05) is 12.1 Å². The Kier molecular flexibility index (Phi) is 4.17. The molecule has 0 saturated heterocycles. The highest BCUT2D eigenvalue weighted by atomic mass is 19.1. The summed E-state index contributed by atoms with van der Waals surface area (Å²) in [6.45, 7) is 0.431. The summed E-state index contributed by atoms with van der Waals surface area (Å²) in [5.41, 5.74) is 6.59. The summed E-state index contributed by atoms with van der Waals surface area (Å²) in [6, 6.07) is 5.77. The molecule has 1 fully saturated rings. The van der Waals surface area contributed by atoms with Crippen LogP contribution in [0.1, 0.15) is 18.4 Å². The molecule has 0 radical (unpaired) electrons. The van der Waals surface area contributed by atoms with Crippen molar-refractivity contribution in [1.29, 1.82) is 0 Å². The van der Waals surface area contributed by atoms with E-state index in [-0.39, 0.29) is 23.7 Å². The molecule has 19 heavy (non-hydrogen) atoms. The molecule has 1 aliphatic rings. The van der Waals surface area contributed by atoms with Crippen LogP contribution in [0.2, 0.25) is 0 Å². The van der Waals surface area contributed by atoms with Crippen LogP contribution in [-0.4, -0.2) is 35.1 Å². The lowest BCUT2D eigenvalue weighted by atomic mass is 10.1. The van der Waals surface area contributed by atoms with E-state index in [2.05, 4.69) is 0 Å². The Morgan fingerprint density at radius 1 is 1.42 bits per heavy atom. The van der Waals surface area contributed by atoms with E-state index in [0.29, 0.717) is 19.4 Å². The van der Waals surface area contributed by atoms with Gasteiger partial charge in [0.05, 0.1) is 6.10 Å². The van der Waals surface area contributed by atoms with Gasteiger partial charge < -0.3 is 15.7 Å². The number of aliphatic hydroxyl groups excluding tert-OH is 1. The van der Waals surface area contributed by atoms with Gasteiger partial charge in [-0.2, -0.15) is 0 Å². The number of nitrogens with zero attached hydrogens (tertiary/aromatic N) is 1. The maximum absolute atomic E-state index is 12.8. The fraction of sp³-hybridized carbons (Fsp3) is 0.500. The molecule has 0 spiro atoms. The number of amides is 1. The fourth-order valence-corrected chi connectivity index (χ4v) is 2.50. The number of halogens is 1. The normalized spacial score (nSPS) is 26.4. The number of rotatable bonds is 3. The zero-order chi connectivity index (χ0) is 14.0. The van der Waals surface area contributed by atoms with E-state index in [1.807, 2.05) is 0 Å². The molecular weight excluding hydrogens is 247 g/mol. The maximum atomic E-state index is 12.8. The van der Waals surface area contributed by atoms with E-state index in [9.17, 15) is 14.3 Å². The molecule has 2 rings (SSSR count). The molecular formula is C14H19FN2O2. The van der Waals surface area contributed by atoms with Crippen molar-refractivity contribution in [3.63, 3.8) is 0 Å². The Bertz CT molecular complexity index is 439. The van der Waals surface area contributed by atoms with Gasteiger partial charge in [-0.15, -0.1) is 0 Å². The molecule has 1 aromatic carbocycles. The summed E-state index contributed by atoms with van der Waals surface area (Å²) in [7, 11) is 1.71. The van der Waals surface area contributed by atoms with E-state index >= 15 is 0 Å². The van der Waals surface area contributed by atoms with Crippen molar-refractivity contribution >= 4 is 5.91 Å². The summed E-state index contributed by atoms with van der Waals surface area (Å²) >= 11 is 0. The summed E-state index contributed by atoms with van der Waals surface area (Å²) in [4.78, 5) is 13.8. The van der Waals surface area contributed by atoms with Crippen molar-refractivity contribution in [1.82, 2.24) is 4.90 Å². The second-order valence-corrected chi connectivity index (χ2v) is 5.22. The zero-order valence-electron chi connectivity index (χ0n) is 10.9. The van der Waals surface area contributed by atoms with Crippen molar-refractivity contribution in [2.75, 3.05) is 7.05 Å². The number of nitrogens with two attached hydrogens (primary N) is 1. The third-order valence-electron chi connectivity index (χ3n) is 3.64. The minimum Gasteiger partial charge on any atom is -0.391 e. The summed E-state index contributed by atoms with van der Waals surface area (Å²) in [5.74, 6) is -0.519. The SMILES string of the molecule is CN(Cc1ccc(F)cc1)C(=O)[C@H]1C[C@H](N)[C@@H](O)C1. The van der Waals surface area contributed by atoms with Crippen LogP contribution in [0.3, 0.4) is 0 Å². The van der Waals surface area contributed by atoms with Gasteiger partial charge in [-0.05, 0) is 30.5 Å². The first-order valence-corrected chi connectivity index (χ1v) is 6.40. The average Bonchev–Trinajstić information content (AvgIpc) is 2.71. The van der Waals surface area contributed by atoms with Gasteiger partial charge >= 0.3 is 0 Å². The first kappa shape index (κ1) is 14.0. The lowest BCUT2D eigenvalue weighted by Gasteiger charge is -2.21. The average molecular weight is 266 g/mol. The number of benzene rings is 1. The summed E-state index contributed by atoms with van der Waals surface area (Å²) < 4.78 is 12.8. The summed E-state index contributed by atoms with van der Waals surface area (Å²) in [6.07, 6.45) is 0.356. The van der Waals surface area contributed by atoms with E-state index in [1.54, 1.807) is 24.1 Å². The predicted octanol–water partition coefficient (Wildman–Crippen LogP) is 0.882. The Morgan fingerprint density at radius 3 is 2.58 bits per heavy atom. The summed E-state index contributed by atoms with van der Waals surface area (Å²) in [5, 5.41) is 9.58. The molecule has 0 heterocycles. The lowest BCUT2D eigenvalue weighted by Crippen LogP contribution is -2.32. The molecule has 1 amide bonds. The largest absolute Gasteiger partial charge is 0.391 e. The van der Waals surface area contributed by atoms with Gasteiger partial charge in [0, 0.05) is 25.6 Å². The molecule has 104 valence electrons. The van der Waals surface area contributed by atoms with Crippen LogP contribution in [0, 0.1) is 11.7 Å². The maximum Gasteiger partial charge on any atom is 0.225 e. The van der Waals surface area contributed by atoms with E-state index in [1.165, 1.54) is 12.1 Å². The van der Waals surface area contributed by atoms with Crippen LogP contribution in [-0.2, 0) is 11.3 Å². The smallest absolute Gasteiger partial charge is 0.225 e. The second-order valence-electron chi connectivity index (χ2n) is 5.22. The van der Waals surface area contributed by atoms with Gasteiger partial charge in [0.15, 0.2) is 0 Å². The Hall–Kier alpha value is -1.46. The van der Waals surface area contributed by atoms with Crippen molar-refractivity contribution in [3.05, 3.63) is 35.6 Å². The molecule has 3 atom stereocenters. The number of aliphatic hydroxyl groups is 1. The molecule has 0 aliphatic heterocycles. The lowest BCUT2D eigenvalue weighted by molar-refractivity contribution is -0.134. The number of hydrogen-bond acceptors (Lipinski definition) is 3. The van der Waals surface area contributed by atoms with Crippen LogP contribution in [0.25, 0.3) is 0 Å². The first-order valence-electron chi connectivity index (χ1n) is 6.40. The Labute approximate surface area is 112 Å². The van der Waals surface area contributed by atoms with Gasteiger partial charge in [0.1, 0.15) is 5.82 Å². The number of carbonyl (C=O) groups excluding carboxylic acids is 1. The van der Waals surface area contributed by atoms with Crippen molar-refractivity contribution < 1.29 is 14.3 Å². The quantitative estimate of drug-likeness (QED) is 0.853. The van der Waals surface area contributed by atoms with E-state index < -0.39 is 6.10 Å². The predicted molar refractivity (Wildman–Crippen MR) is 69.6 cm³/mol. The van der Waals surface area contributed by atoms with Gasteiger partial charge in [-0.25, -0.2) is 4.39 Å². The van der Waals surface area contributed by atoms with Crippen LogP contribution in [0.15, 0.2) is 24.3 Å². The van der Waals surface area contributed by atoms with E-state index in [4.69, 9.17) is 5.73 Å². The highest BCUT2D eigenvalue weighted by molar-refractivity contribution is 5.79. The van der Waals surface area contributed by atoms with Crippen molar-refractivity contribution in [2.45, 2.75) is 31.5 Å². The van der Waals surface area contributed by atoms with Crippen molar-refractivity contribution in [3.8, 4) is 0 Å². The Morgan fingerprint density at radius 2 is 2.05 bits per heavy atom. The van der Waals surface area contributed by atoms with Crippen LogP contribution >= 0.6 is 0 Å². The highest BCUT2D eigenvalue weighted by Gasteiger charge is 2.35. The molecule has 0 bridgehead atoms. The monoisotopic (exact) mass is 266 g/mol. The van der Waals surface area contributed by atoms with Gasteiger partial charge in [0.2, 0.25) is 5.91 Å². The third-order valence-corrected chi connectivity index (χ3v) is 3.64. The van der Waals surface area contributed by atoms with Gasteiger partial charge in [-0.3, -0.25) is 4.79 Å². The minimum atomic E-state index is -0.590. The van der Waals surface area contributed by atoms with E-state index in [0.717, 1.165) is 5.56 Å². The fourth-order valence-electron chi connectivity index (χ4n) is 2.50. The highest BCUT2D eigenvalue weighted by Crippen LogP contribution is 2.26. The molecule has 1 aliphatic carbocycles. The molecule has 0 aromatic heterocycles. The molecule has 1 aromatic rings. The molecule has 0 unspecified atom stereocenters. The molecule has 3 N–H and O–H groups in total. The van der Waals surface area contributed by atoms with Gasteiger partial charge in [0.25, 0.3) is 0 Å². The number of hydrogen-bond donors (Lipinski definition) is 2. The molecule has 1 saturated carbocycles. The molecule has 5 heteroatoms. The molecule has 4 nitrogen and oxygen atoms in total. The van der Waals surface area contributed by atoms with Crippen LogP contribution in [0.5, 0.6) is 0 Å². The first-order chi connectivity index (χ1) is 8.97. The standard InChI is InChI=1S/C14H19FN2O2/c1-17(8-9-2-4-11(15)5-3-9)14(19)10-6-12(16)13(18)7-10/h2-5,10,12-13,18H,6-8,16H2,1H3/t10-,12-,13-/m0/s1.